The van der Waals surface area contributed by atoms with E-state index in [1.54, 1.807) is 4.57 Å². The van der Waals surface area contributed by atoms with Gasteiger partial charge in [-0.05, 0) is 36.7 Å². The number of nitrogens with one attached hydrogen (secondary N) is 1. The Kier molecular flexibility index (Phi) is 4.53. The van der Waals surface area contributed by atoms with Crippen molar-refractivity contribution in [1.29, 1.82) is 0 Å². The van der Waals surface area contributed by atoms with E-state index in [4.69, 9.17) is 12.2 Å². The van der Waals surface area contributed by atoms with Crippen LogP contribution in [0.3, 0.4) is 0 Å². The van der Waals surface area contributed by atoms with Crippen molar-refractivity contribution in [1.82, 2.24) is 9.55 Å². The number of hydrogen-bond donors (Lipinski definition) is 1. The van der Waals surface area contributed by atoms with Crippen molar-refractivity contribution in [2.24, 2.45) is 5.92 Å². The first kappa shape index (κ1) is 14.0. The zero-order valence-corrected chi connectivity index (χ0v) is 12.3. The van der Waals surface area contributed by atoms with Gasteiger partial charge in [-0.2, -0.15) is 0 Å². The van der Waals surface area contributed by atoms with Crippen LogP contribution in [-0.4, -0.2) is 9.55 Å². The predicted octanol–water partition coefficient (Wildman–Crippen LogP) is 3.89. The standard InChI is InChI=1S/C15H20N2OS/c1-11(2)7-5-6-10-17-14(18)12-8-3-4-9-13(12)16-15(17)19/h3-4,8-9,11H,5-7,10H2,1-2H3,(H,16,19). The van der Waals surface area contributed by atoms with Crippen LogP contribution >= 0.6 is 12.2 Å². The topological polar surface area (TPSA) is 37.8 Å². The zero-order chi connectivity index (χ0) is 13.8. The highest BCUT2D eigenvalue weighted by Crippen LogP contribution is 2.09. The van der Waals surface area contributed by atoms with Crippen LogP contribution in [0.1, 0.15) is 33.1 Å². The van der Waals surface area contributed by atoms with Crippen molar-refractivity contribution in [3.8, 4) is 0 Å². The van der Waals surface area contributed by atoms with E-state index in [1.807, 2.05) is 24.3 Å². The van der Waals surface area contributed by atoms with Crippen LogP contribution in [0.25, 0.3) is 10.9 Å². The molecule has 0 aliphatic heterocycles. The molecule has 0 aliphatic carbocycles. The lowest BCUT2D eigenvalue weighted by Gasteiger charge is -2.08. The highest BCUT2D eigenvalue weighted by atomic mass is 32.1. The van der Waals surface area contributed by atoms with Gasteiger partial charge in [-0.15, -0.1) is 0 Å². The Labute approximate surface area is 118 Å². The minimum Gasteiger partial charge on any atom is -0.332 e. The molecule has 19 heavy (non-hydrogen) atoms. The molecule has 102 valence electrons. The van der Waals surface area contributed by atoms with Gasteiger partial charge in [0.2, 0.25) is 0 Å². The van der Waals surface area contributed by atoms with E-state index < -0.39 is 0 Å². The molecule has 0 saturated heterocycles. The molecule has 0 bridgehead atoms. The quantitative estimate of drug-likeness (QED) is 0.664. The molecule has 0 amide bonds. The number of rotatable bonds is 5. The molecule has 0 fully saturated rings. The number of H-pyrrole nitrogens is 1. The molecule has 1 heterocycles. The van der Waals surface area contributed by atoms with E-state index in [0.29, 0.717) is 22.6 Å². The molecule has 0 radical (unpaired) electrons. The Bertz CT molecular complexity index is 670. The summed E-state index contributed by atoms with van der Waals surface area (Å²) in [6.45, 7) is 5.13. The monoisotopic (exact) mass is 276 g/mol. The van der Waals surface area contributed by atoms with Crippen molar-refractivity contribution in [3.05, 3.63) is 39.4 Å². The summed E-state index contributed by atoms with van der Waals surface area (Å²) in [4.78, 5) is 15.5. The molecule has 1 aromatic heterocycles. The third-order valence-electron chi connectivity index (χ3n) is 3.30. The van der Waals surface area contributed by atoms with Crippen LogP contribution in [-0.2, 0) is 6.54 Å². The molecule has 4 heteroatoms. The normalized spacial score (nSPS) is 11.3. The first-order chi connectivity index (χ1) is 9.09. The number of para-hydroxylation sites is 1. The van der Waals surface area contributed by atoms with Crippen molar-refractivity contribution in [2.45, 2.75) is 39.7 Å². The lowest BCUT2D eigenvalue weighted by molar-refractivity contribution is 0.501. The average molecular weight is 276 g/mol. The van der Waals surface area contributed by atoms with E-state index in [-0.39, 0.29) is 5.56 Å². The van der Waals surface area contributed by atoms with Gasteiger partial charge >= 0.3 is 0 Å². The summed E-state index contributed by atoms with van der Waals surface area (Å²) in [5, 5.41) is 0.708. The maximum Gasteiger partial charge on any atom is 0.262 e. The Morgan fingerprint density at radius 2 is 2.00 bits per heavy atom. The number of nitrogens with zero attached hydrogens (tertiary/aromatic N) is 1. The second-order valence-electron chi connectivity index (χ2n) is 5.32. The average Bonchev–Trinajstić information content (AvgIpc) is 2.37. The molecular weight excluding hydrogens is 256 g/mol. The van der Waals surface area contributed by atoms with Gasteiger partial charge in [0, 0.05) is 6.54 Å². The van der Waals surface area contributed by atoms with Crippen LogP contribution in [0.2, 0.25) is 0 Å². The fourth-order valence-electron chi connectivity index (χ4n) is 2.22. The first-order valence-electron chi connectivity index (χ1n) is 6.81. The SMILES string of the molecule is CC(C)CCCCn1c(=S)[nH]c2ccccc2c1=O. The van der Waals surface area contributed by atoms with Gasteiger partial charge in [0.1, 0.15) is 0 Å². The number of hydrogen-bond acceptors (Lipinski definition) is 2. The van der Waals surface area contributed by atoms with E-state index >= 15 is 0 Å². The summed E-state index contributed by atoms with van der Waals surface area (Å²) >= 11 is 5.28. The smallest absolute Gasteiger partial charge is 0.262 e. The fraction of sp³-hybridized carbons (Fsp3) is 0.467. The van der Waals surface area contributed by atoms with Gasteiger partial charge in [0.25, 0.3) is 5.56 Å². The molecule has 3 nitrogen and oxygen atoms in total. The number of aromatic nitrogens is 2. The highest BCUT2D eigenvalue weighted by Gasteiger charge is 2.04. The number of aromatic amines is 1. The summed E-state index contributed by atoms with van der Waals surface area (Å²) in [5.41, 5.74) is 0.833. The molecule has 2 rings (SSSR count). The van der Waals surface area contributed by atoms with Crippen molar-refractivity contribution < 1.29 is 0 Å². The van der Waals surface area contributed by atoms with Gasteiger partial charge in [-0.1, -0.05) is 38.8 Å². The van der Waals surface area contributed by atoms with Crippen LogP contribution in [0, 0.1) is 10.7 Å². The maximum atomic E-state index is 12.4. The Morgan fingerprint density at radius 1 is 1.26 bits per heavy atom. The molecule has 0 atom stereocenters. The van der Waals surface area contributed by atoms with E-state index in [9.17, 15) is 4.79 Å². The zero-order valence-electron chi connectivity index (χ0n) is 11.5. The van der Waals surface area contributed by atoms with Gasteiger partial charge in [-0.3, -0.25) is 9.36 Å². The first-order valence-corrected chi connectivity index (χ1v) is 7.22. The third kappa shape index (κ3) is 3.32. The fourth-order valence-corrected chi connectivity index (χ4v) is 2.51. The molecule has 0 spiro atoms. The molecule has 0 aliphatic rings. The van der Waals surface area contributed by atoms with Crippen LogP contribution < -0.4 is 5.56 Å². The van der Waals surface area contributed by atoms with E-state index in [1.165, 1.54) is 6.42 Å². The minimum atomic E-state index is 0.0175. The van der Waals surface area contributed by atoms with E-state index in [2.05, 4.69) is 18.8 Å². The van der Waals surface area contributed by atoms with Gasteiger partial charge < -0.3 is 4.98 Å². The van der Waals surface area contributed by atoms with Crippen LogP contribution in [0.15, 0.2) is 29.1 Å². The number of benzene rings is 1. The summed E-state index contributed by atoms with van der Waals surface area (Å²) in [7, 11) is 0. The summed E-state index contributed by atoms with van der Waals surface area (Å²) in [6, 6.07) is 7.51. The Morgan fingerprint density at radius 3 is 2.74 bits per heavy atom. The second-order valence-corrected chi connectivity index (χ2v) is 5.71. The van der Waals surface area contributed by atoms with Gasteiger partial charge in [-0.25, -0.2) is 0 Å². The second kappa shape index (κ2) is 6.15. The molecule has 0 saturated carbocycles. The van der Waals surface area contributed by atoms with Gasteiger partial charge in [0.15, 0.2) is 4.77 Å². The molecule has 1 N–H and O–H groups in total. The third-order valence-corrected chi connectivity index (χ3v) is 3.63. The molecule has 0 unspecified atom stereocenters. The number of fused-ring (bicyclic) bond motifs is 1. The summed E-state index contributed by atoms with van der Waals surface area (Å²) in [5.74, 6) is 0.711. The lowest BCUT2D eigenvalue weighted by Crippen LogP contribution is -2.22. The van der Waals surface area contributed by atoms with Crippen molar-refractivity contribution in [3.63, 3.8) is 0 Å². The van der Waals surface area contributed by atoms with Gasteiger partial charge in [0.05, 0.1) is 10.9 Å². The largest absolute Gasteiger partial charge is 0.332 e. The van der Waals surface area contributed by atoms with Crippen LogP contribution in [0.5, 0.6) is 0 Å². The predicted molar refractivity (Wildman–Crippen MR) is 82.1 cm³/mol. The summed E-state index contributed by atoms with van der Waals surface area (Å²) < 4.78 is 2.20. The Balaban J connectivity index is 2.24. The number of unbranched alkanes of at least 4 members (excludes halogenated alkanes) is 1. The van der Waals surface area contributed by atoms with Crippen molar-refractivity contribution >= 4 is 23.1 Å². The van der Waals surface area contributed by atoms with Crippen LogP contribution in [0.4, 0.5) is 0 Å². The maximum absolute atomic E-state index is 12.4. The highest BCUT2D eigenvalue weighted by molar-refractivity contribution is 7.71. The van der Waals surface area contributed by atoms with E-state index in [0.717, 1.165) is 18.4 Å². The molecule has 1 aromatic carbocycles. The molecule has 2 aromatic rings. The Hall–Kier alpha value is -1.42. The lowest BCUT2D eigenvalue weighted by atomic mass is 10.1. The minimum absolute atomic E-state index is 0.0175. The van der Waals surface area contributed by atoms with Crippen molar-refractivity contribution in [2.75, 3.05) is 0 Å². The summed E-state index contributed by atoms with van der Waals surface area (Å²) in [6.07, 6.45) is 3.32. The molecular formula is C15H20N2OS.